The van der Waals surface area contributed by atoms with Crippen LogP contribution < -0.4 is 4.74 Å². The molecule has 1 N–H and O–H groups in total. The van der Waals surface area contributed by atoms with Gasteiger partial charge in [0.1, 0.15) is 5.56 Å². The Labute approximate surface area is 165 Å². The van der Waals surface area contributed by atoms with Gasteiger partial charge in [0.25, 0.3) is 0 Å². The van der Waals surface area contributed by atoms with Gasteiger partial charge < -0.3 is 14.6 Å². The maximum Gasteiger partial charge on any atom is 0.422 e. The zero-order chi connectivity index (χ0) is 19.6. The molecule has 0 heterocycles. The van der Waals surface area contributed by atoms with Gasteiger partial charge in [-0.3, -0.25) is 0 Å². The standard InChI is InChI=1S/C17H17Cl3O6/c1-3-17(2,8-4-5-8)7-25-15(23)11-12(20)9(18)6-10(19)13(11)26-16(24)14(21)22/h6,8H,3-5,7H2,1-2H3,(H,21,22). The van der Waals surface area contributed by atoms with Gasteiger partial charge in [0.2, 0.25) is 0 Å². The van der Waals surface area contributed by atoms with Crippen LogP contribution >= 0.6 is 34.8 Å². The van der Waals surface area contributed by atoms with E-state index in [-0.39, 0.29) is 32.7 Å². The van der Waals surface area contributed by atoms with Crippen LogP contribution in [-0.4, -0.2) is 29.6 Å². The number of carbonyl (C=O) groups excluding carboxylic acids is 2. The molecule has 0 saturated heterocycles. The van der Waals surface area contributed by atoms with Crippen LogP contribution in [0.1, 0.15) is 43.5 Å². The molecule has 1 saturated carbocycles. The Hall–Kier alpha value is -1.50. The third-order valence-electron chi connectivity index (χ3n) is 4.60. The predicted octanol–water partition coefficient (Wildman–Crippen LogP) is 4.62. The second kappa shape index (κ2) is 8.03. The highest BCUT2D eigenvalue weighted by Gasteiger charge is 2.41. The van der Waals surface area contributed by atoms with E-state index in [1.165, 1.54) is 0 Å². The Balaban J connectivity index is 2.32. The zero-order valence-electron chi connectivity index (χ0n) is 14.1. The van der Waals surface area contributed by atoms with Crippen molar-refractivity contribution in [1.82, 2.24) is 0 Å². The highest BCUT2D eigenvalue weighted by atomic mass is 35.5. The van der Waals surface area contributed by atoms with E-state index in [0.29, 0.717) is 5.92 Å². The van der Waals surface area contributed by atoms with Gasteiger partial charge in [-0.25, -0.2) is 14.4 Å². The van der Waals surface area contributed by atoms with E-state index in [1.54, 1.807) is 0 Å². The highest BCUT2D eigenvalue weighted by molar-refractivity contribution is 6.46. The van der Waals surface area contributed by atoms with Gasteiger partial charge in [-0.2, -0.15) is 0 Å². The Kier molecular flexibility index (Phi) is 6.42. The van der Waals surface area contributed by atoms with E-state index in [2.05, 4.69) is 0 Å². The molecule has 6 nitrogen and oxygen atoms in total. The molecule has 1 atom stereocenters. The summed E-state index contributed by atoms with van der Waals surface area (Å²) >= 11 is 17.9. The predicted molar refractivity (Wildman–Crippen MR) is 96.1 cm³/mol. The van der Waals surface area contributed by atoms with Crippen molar-refractivity contribution in [3.05, 3.63) is 26.7 Å². The second-order valence-electron chi connectivity index (χ2n) is 6.41. The second-order valence-corrected chi connectivity index (χ2v) is 7.60. The van der Waals surface area contributed by atoms with Gasteiger partial charge in [0.15, 0.2) is 5.75 Å². The van der Waals surface area contributed by atoms with Crippen molar-refractivity contribution < 1.29 is 29.0 Å². The Morgan fingerprint density at radius 3 is 2.35 bits per heavy atom. The minimum Gasteiger partial charge on any atom is -0.473 e. The Morgan fingerprint density at radius 2 is 1.85 bits per heavy atom. The van der Waals surface area contributed by atoms with Crippen molar-refractivity contribution in [2.75, 3.05) is 6.61 Å². The average molecular weight is 424 g/mol. The molecule has 0 radical (unpaired) electrons. The van der Waals surface area contributed by atoms with E-state index in [1.807, 2.05) is 13.8 Å². The largest absolute Gasteiger partial charge is 0.473 e. The summed E-state index contributed by atoms with van der Waals surface area (Å²) in [5.41, 5.74) is -0.560. The molecule has 26 heavy (non-hydrogen) atoms. The molecule has 0 aromatic heterocycles. The molecular weight excluding hydrogens is 407 g/mol. The van der Waals surface area contributed by atoms with Gasteiger partial charge >= 0.3 is 17.9 Å². The van der Waals surface area contributed by atoms with Crippen LogP contribution in [0, 0.1) is 11.3 Å². The number of benzene rings is 1. The number of carboxylic acid groups (broad SMARTS) is 1. The van der Waals surface area contributed by atoms with Crippen molar-refractivity contribution in [2.45, 2.75) is 33.1 Å². The lowest BCUT2D eigenvalue weighted by Gasteiger charge is -2.27. The third-order valence-corrected chi connectivity index (χ3v) is 5.67. The van der Waals surface area contributed by atoms with Crippen LogP contribution in [0.3, 0.4) is 0 Å². The van der Waals surface area contributed by atoms with Crippen molar-refractivity contribution in [3.8, 4) is 5.75 Å². The molecule has 1 aliphatic rings. The number of carbonyl (C=O) groups is 3. The monoisotopic (exact) mass is 422 g/mol. The third kappa shape index (κ3) is 4.42. The first-order valence-electron chi connectivity index (χ1n) is 7.90. The molecule has 1 aromatic carbocycles. The molecule has 1 aliphatic carbocycles. The molecule has 2 rings (SSSR count). The van der Waals surface area contributed by atoms with E-state index < -0.39 is 23.7 Å². The van der Waals surface area contributed by atoms with Crippen molar-refractivity contribution in [2.24, 2.45) is 11.3 Å². The lowest BCUT2D eigenvalue weighted by molar-refractivity contribution is -0.158. The number of esters is 2. The van der Waals surface area contributed by atoms with Gasteiger partial charge in [0, 0.05) is 5.41 Å². The first-order chi connectivity index (χ1) is 12.1. The SMILES string of the molecule is CCC(C)(COC(=O)c1c(Cl)c(Cl)cc(Cl)c1OC(=O)C(=O)O)C1CC1. The molecule has 9 heteroatoms. The molecule has 0 spiro atoms. The summed E-state index contributed by atoms with van der Waals surface area (Å²) in [4.78, 5) is 34.7. The molecule has 0 amide bonds. The van der Waals surface area contributed by atoms with E-state index in [9.17, 15) is 14.4 Å². The van der Waals surface area contributed by atoms with Gasteiger partial charge in [-0.15, -0.1) is 0 Å². The summed E-state index contributed by atoms with van der Waals surface area (Å²) in [6.45, 7) is 4.17. The topological polar surface area (TPSA) is 89.9 Å². The lowest BCUT2D eigenvalue weighted by Crippen LogP contribution is -2.27. The molecule has 0 bridgehead atoms. The quantitative estimate of drug-likeness (QED) is 0.311. The fourth-order valence-electron chi connectivity index (χ4n) is 2.59. The molecule has 1 fully saturated rings. The molecule has 0 aliphatic heterocycles. The van der Waals surface area contributed by atoms with E-state index in [4.69, 9.17) is 49.4 Å². The first kappa shape index (κ1) is 20.8. The molecule has 1 unspecified atom stereocenters. The minimum absolute atomic E-state index is 0.0563. The number of ether oxygens (including phenoxy) is 2. The van der Waals surface area contributed by atoms with E-state index in [0.717, 1.165) is 25.3 Å². The Morgan fingerprint density at radius 1 is 1.23 bits per heavy atom. The summed E-state index contributed by atoms with van der Waals surface area (Å²) in [6, 6.07) is 1.15. The fourth-order valence-corrected chi connectivity index (χ4v) is 3.31. The summed E-state index contributed by atoms with van der Waals surface area (Å²) in [5.74, 6) is -4.38. The van der Waals surface area contributed by atoms with Crippen LogP contribution in [0.25, 0.3) is 0 Å². The highest BCUT2D eigenvalue weighted by Crippen LogP contribution is 2.48. The van der Waals surface area contributed by atoms with Crippen molar-refractivity contribution in [3.63, 3.8) is 0 Å². The van der Waals surface area contributed by atoms with Crippen LogP contribution in [0.2, 0.25) is 15.1 Å². The summed E-state index contributed by atoms with van der Waals surface area (Å²) in [7, 11) is 0. The molecule has 1 aromatic rings. The molecular formula is C17H17Cl3O6. The maximum atomic E-state index is 12.6. The Bertz CT molecular complexity index is 759. The number of carboxylic acids is 1. The fraction of sp³-hybridized carbons (Fsp3) is 0.471. The van der Waals surface area contributed by atoms with Crippen molar-refractivity contribution >= 4 is 52.7 Å². The van der Waals surface area contributed by atoms with Crippen LogP contribution in [0.4, 0.5) is 0 Å². The smallest absolute Gasteiger partial charge is 0.422 e. The number of rotatable bonds is 6. The summed E-state index contributed by atoms with van der Waals surface area (Å²) < 4.78 is 10.1. The number of hydrogen-bond acceptors (Lipinski definition) is 5. The summed E-state index contributed by atoms with van der Waals surface area (Å²) in [6.07, 6.45) is 2.97. The van der Waals surface area contributed by atoms with Crippen LogP contribution in [0.15, 0.2) is 6.07 Å². The zero-order valence-corrected chi connectivity index (χ0v) is 16.4. The van der Waals surface area contributed by atoms with Gasteiger partial charge in [0.05, 0.1) is 21.7 Å². The normalized spacial score (nSPS) is 15.9. The number of aliphatic carboxylic acids is 1. The van der Waals surface area contributed by atoms with Crippen molar-refractivity contribution in [1.29, 1.82) is 0 Å². The van der Waals surface area contributed by atoms with Gasteiger partial charge in [-0.1, -0.05) is 48.7 Å². The summed E-state index contributed by atoms with van der Waals surface area (Å²) in [5, 5.41) is 8.18. The number of hydrogen-bond donors (Lipinski definition) is 1. The maximum absolute atomic E-state index is 12.6. The first-order valence-corrected chi connectivity index (χ1v) is 9.03. The van der Waals surface area contributed by atoms with E-state index >= 15 is 0 Å². The number of halogens is 3. The minimum atomic E-state index is -1.85. The van der Waals surface area contributed by atoms with Crippen LogP contribution in [-0.2, 0) is 14.3 Å². The molecule has 142 valence electrons. The van der Waals surface area contributed by atoms with Gasteiger partial charge in [-0.05, 0) is 31.2 Å². The van der Waals surface area contributed by atoms with Crippen LogP contribution in [0.5, 0.6) is 5.75 Å². The lowest BCUT2D eigenvalue weighted by atomic mass is 9.83. The average Bonchev–Trinajstić information content (AvgIpc) is 3.42.